The van der Waals surface area contributed by atoms with E-state index in [2.05, 4.69) is 30.3 Å². The van der Waals surface area contributed by atoms with E-state index in [1.54, 1.807) is 0 Å². The van der Waals surface area contributed by atoms with Gasteiger partial charge in [0.1, 0.15) is 0 Å². The highest BCUT2D eigenvalue weighted by Gasteiger charge is 2.20. The quantitative estimate of drug-likeness (QED) is 0.845. The maximum Gasteiger partial charge on any atom is 0.0625 e. The summed E-state index contributed by atoms with van der Waals surface area (Å²) in [6.07, 6.45) is 5.07. The normalized spacial score (nSPS) is 25.2. The first-order valence-corrected chi connectivity index (χ1v) is 6.44. The topological polar surface area (TPSA) is 29.9 Å². The Morgan fingerprint density at radius 2 is 2.31 bits per heavy atom. The molecule has 0 bridgehead atoms. The standard InChI is InChI=1S/C13H23N3/c1-4-11-8-13(16(3)15-11)9-14-12-6-5-10(2)7-12/h8,10,12,14H,4-7,9H2,1-3H3. The zero-order valence-corrected chi connectivity index (χ0v) is 10.7. The molecule has 2 rings (SSSR count). The van der Waals surface area contributed by atoms with Gasteiger partial charge in [0, 0.05) is 19.6 Å². The fraction of sp³-hybridized carbons (Fsp3) is 0.769. The van der Waals surface area contributed by atoms with Gasteiger partial charge >= 0.3 is 0 Å². The van der Waals surface area contributed by atoms with Gasteiger partial charge in [0.15, 0.2) is 0 Å². The highest BCUT2D eigenvalue weighted by molar-refractivity contribution is 5.10. The van der Waals surface area contributed by atoms with E-state index in [9.17, 15) is 0 Å². The van der Waals surface area contributed by atoms with E-state index in [0.717, 1.165) is 24.9 Å². The van der Waals surface area contributed by atoms with Gasteiger partial charge in [-0.2, -0.15) is 5.10 Å². The van der Waals surface area contributed by atoms with Crippen molar-refractivity contribution < 1.29 is 0 Å². The zero-order valence-electron chi connectivity index (χ0n) is 10.7. The van der Waals surface area contributed by atoms with Crippen molar-refractivity contribution in [3.05, 3.63) is 17.5 Å². The average Bonchev–Trinajstić information content (AvgIpc) is 2.82. The first kappa shape index (κ1) is 11.6. The Labute approximate surface area is 98.2 Å². The Balaban J connectivity index is 1.86. The number of rotatable bonds is 4. The van der Waals surface area contributed by atoms with Crippen LogP contribution in [0.5, 0.6) is 0 Å². The van der Waals surface area contributed by atoms with Crippen molar-refractivity contribution in [2.24, 2.45) is 13.0 Å². The lowest BCUT2D eigenvalue weighted by molar-refractivity contribution is 0.490. The molecule has 1 aliphatic rings. The molecule has 3 heteroatoms. The van der Waals surface area contributed by atoms with E-state index in [1.807, 2.05) is 11.7 Å². The van der Waals surface area contributed by atoms with Gasteiger partial charge in [0.2, 0.25) is 0 Å². The van der Waals surface area contributed by atoms with Crippen LogP contribution in [0.15, 0.2) is 6.07 Å². The van der Waals surface area contributed by atoms with Gasteiger partial charge in [-0.05, 0) is 37.7 Å². The molecular formula is C13H23N3. The van der Waals surface area contributed by atoms with Crippen LogP contribution in [0, 0.1) is 5.92 Å². The Kier molecular flexibility index (Phi) is 3.64. The molecule has 1 aromatic heterocycles. The lowest BCUT2D eigenvalue weighted by atomic mass is 10.1. The first-order chi connectivity index (χ1) is 7.69. The molecule has 1 aliphatic carbocycles. The molecule has 2 unspecified atom stereocenters. The van der Waals surface area contributed by atoms with E-state index in [1.165, 1.54) is 30.7 Å². The van der Waals surface area contributed by atoms with Crippen LogP contribution in [0.1, 0.15) is 44.5 Å². The highest BCUT2D eigenvalue weighted by Crippen LogP contribution is 2.24. The van der Waals surface area contributed by atoms with Crippen molar-refractivity contribution in [2.45, 2.75) is 52.1 Å². The molecule has 2 atom stereocenters. The Bertz CT molecular complexity index is 343. The van der Waals surface area contributed by atoms with Crippen LogP contribution in [-0.4, -0.2) is 15.8 Å². The fourth-order valence-corrected chi connectivity index (χ4v) is 2.55. The lowest BCUT2D eigenvalue weighted by Gasteiger charge is -2.12. The number of hydrogen-bond donors (Lipinski definition) is 1. The third kappa shape index (κ3) is 2.64. The average molecular weight is 221 g/mol. The summed E-state index contributed by atoms with van der Waals surface area (Å²) in [5.74, 6) is 0.898. The summed E-state index contributed by atoms with van der Waals surface area (Å²) in [7, 11) is 2.04. The molecular weight excluding hydrogens is 198 g/mol. The van der Waals surface area contributed by atoms with Crippen LogP contribution < -0.4 is 5.32 Å². The molecule has 0 amide bonds. The number of hydrogen-bond acceptors (Lipinski definition) is 2. The van der Waals surface area contributed by atoms with Gasteiger partial charge in [-0.3, -0.25) is 4.68 Å². The van der Waals surface area contributed by atoms with Crippen molar-refractivity contribution in [3.63, 3.8) is 0 Å². The molecule has 1 saturated carbocycles. The number of nitrogens with one attached hydrogen (secondary N) is 1. The Morgan fingerprint density at radius 1 is 1.50 bits per heavy atom. The predicted octanol–water partition coefficient (Wildman–Crippen LogP) is 2.26. The molecule has 1 heterocycles. The largest absolute Gasteiger partial charge is 0.308 e. The van der Waals surface area contributed by atoms with Gasteiger partial charge in [-0.1, -0.05) is 13.8 Å². The minimum atomic E-state index is 0.718. The molecule has 0 saturated heterocycles. The summed E-state index contributed by atoms with van der Waals surface area (Å²) in [4.78, 5) is 0. The molecule has 1 fully saturated rings. The monoisotopic (exact) mass is 221 g/mol. The minimum absolute atomic E-state index is 0.718. The minimum Gasteiger partial charge on any atom is -0.308 e. The van der Waals surface area contributed by atoms with Crippen molar-refractivity contribution in [1.82, 2.24) is 15.1 Å². The van der Waals surface area contributed by atoms with Gasteiger partial charge in [-0.15, -0.1) is 0 Å². The number of nitrogens with zero attached hydrogens (tertiary/aromatic N) is 2. The molecule has 16 heavy (non-hydrogen) atoms. The maximum atomic E-state index is 4.47. The third-order valence-corrected chi connectivity index (χ3v) is 3.66. The maximum absolute atomic E-state index is 4.47. The fourth-order valence-electron chi connectivity index (χ4n) is 2.55. The van der Waals surface area contributed by atoms with Gasteiger partial charge in [0.25, 0.3) is 0 Å². The summed E-state index contributed by atoms with van der Waals surface area (Å²) in [6.45, 7) is 5.46. The predicted molar refractivity (Wildman–Crippen MR) is 66.2 cm³/mol. The summed E-state index contributed by atoms with van der Waals surface area (Å²) < 4.78 is 2.00. The van der Waals surface area contributed by atoms with Gasteiger partial charge < -0.3 is 5.32 Å². The zero-order chi connectivity index (χ0) is 11.5. The van der Waals surface area contributed by atoms with Crippen molar-refractivity contribution in [3.8, 4) is 0 Å². The van der Waals surface area contributed by atoms with Crippen LogP contribution in [-0.2, 0) is 20.0 Å². The van der Waals surface area contributed by atoms with Crippen LogP contribution in [0.4, 0.5) is 0 Å². The van der Waals surface area contributed by atoms with E-state index < -0.39 is 0 Å². The van der Waals surface area contributed by atoms with Gasteiger partial charge in [-0.25, -0.2) is 0 Å². The number of aromatic nitrogens is 2. The molecule has 1 aromatic rings. The second-order valence-electron chi connectivity index (χ2n) is 5.10. The van der Waals surface area contributed by atoms with E-state index >= 15 is 0 Å². The summed E-state index contributed by atoms with van der Waals surface area (Å²) in [6, 6.07) is 2.93. The molecule has 90 valence electrons. The van der Waals surface area contributed by atoms with Gasteiger partial charge in [0.05, 0.1) is 11.4 Å². The van der Waals surface area contributed by atoms with Crippen LogP contribution in [0.3, 0.4) is 0 Å². The molecule has 0 spiro atoms. The number of aryl methyl sites for hydroxylation is 2. The lowest BCUT2D eigenvalue weighted by Crippen LogP contribution is -2.26. The molecule has 0 aromatic carbocycles. The molecule has 0 aliphatic heterocycles. The SMILES string of the molecule is CCc1cc(CNC2CCC(C)C2)n(C)n1. The Morgan fingerprint density at radius 3 is 2.88 bits per heavy atom. The smallest absolute Gasteiger partial charge is 0.0625 e. The van der Waals surface area contributed by atoms with E-state index in [4.69, 9.17) is 0 Å². The Hall–Kier alpha value is -0.830. The van der Waals surface area contributed by atoms with Crippen molar-refractivity contribution in [2.75, 3.05) is 0 Å². The van der Waals surface area contributed by atoms with Crippen molar-refractivity contribution >= 4 is 0 Å². The summed E-state index contributed by atoms with van der Waals surface area (Å²) in [5, 5.41) is 8.11. The highest BCUT2D eigenvalue weighted by atomic mass is 15.3. The second-order valence-corrected chi connectivity index (χ2v) is 5.10. The molecule has 0 radical (unpaired) electrons. The van der Waals surface area contributed by atoms with E-state index in [0.29, 0.717) is 0 Å². The molecule has 3 nitrogen and oxygen atoms in total. The van der Waals surface area contributed by atoms with Crippen LogP contribution >= 0.6 is 0 Å². The summed E-state index contributed by atoms with van der Waals surface area (Å²) in [5.41, 5.74) is 2.50. The van der Waals surface area contributed by atoms with E-state index in [-0.39, 0.29) is 0 Å². The van der Waals surface area contributed by atoms with Crippen LogP contribution in [0.25, 0.3) is 0 Å². The van der Waals surface area contributed by atoms with Crippen LogP contribution in [0.2, 0.25) is 0 Å². The first-order valence-electron chi connectivity index (χ1n) is 6.44. The second kappa shape index (κ2) is 5.00. The summed E-state index contributed by atoms with van der Waals surface area (Å²) >= 11 is 0. The third-order valence-electron chi connectivity index (χ3n) is 3.66. The molecule has 1 N–H and O–H groups in total. The van der Waals surface area contributed by atoms with Crippen molar-refractivity contribution in [1.29, 1.82) is 0 Å².